The molecular formula is C18H33N3O4. The Bertz CT molecular complexity index is 450. The van der Waals surface area contributed by atoms with Gasteiger partial charge >= 0.3 is 0 Å². The van der Waals surface area contributed by atoms with Gasteiger partial charge in [-0.15, -0.1) is 0 Å². The van der Waals surface area contributed by atoms with E-state index in [9.17, 15) is 15.3 Å². The Balaban J connectivity index is 1.69. The van der Waals surface area contributed by atoms with Crippen LogP contribution in [0.25, 0.3) is 10.4 Å². The number of ether oxygens (including phenoxy) is 1. The van der Waals surface area contributed by atoms with Gasteiger partial charge in [-0.3, -0.25) is 0 Å². The zero-order chi connectivity index (χ0) is 18.4. The third kappa shape index (κ3) is 6.12. The number of azide groups is 1. The molecule has 0 bridgehead atoms. The maximum Gasteiger partial charge on any atom is 0.0863 e. The zero-order valence-electron chi connectivity index (χ0n) is 15.4. The van der Waals surface area contributed by atoms with Gasteiger partial charge in [0.25, 0.3) is 0 Å². The van der Waals surface area contributed by atoms with E-state index in [-0.39, 0.29) is 18.1 Å². The van der Waals surface area contributed by atoms with Gasteiger partial charge in [0, 0.05) is 4.91 Å². The largest absolute Gasteiger partial charge is 0.391 e. The van der Waals surface area contributed by atoms with Gasteiger partial charge in [0.2, 0.25) is 0 Å². The second-order valence-electron chi connectivity index (χ2n) is 8.08. The van der Waals surface area contributed by atoms with Crippen LogP contribution in [-0.2, 0) is 4.74 Å². The molecule has 0 aromatic heterocycles. The molecule has 0 spiro atoms. The molecule has 25 heavy (non-hydrogen) atoms. The summed E-state index contributed by atoms with van der Waals surface area (Å²) >= 11 is 0. The molecule has 0 aromatic rings. The number of rotatable bonds is 9. The monoisotopic (exact) mass is 355 g/mol. The van der Waals surface area contributed by atoms with Gasteiger partial charge in [0.1, 0.15) is 0 Å². The fourth-order valence-corrected chi connectivity index (χ4v) is 4.29. The standard InChI is InChI=1S/C18H33N3O4/c1-11(18-17(24)6-4-15(25-18)10-20-21-19)7-14-8-13(9-14)3-5-16(23)12(2)22/h11-18,22-24H,3-10H2,1-2H3/t11-,12?,13?,14?,15?,16?,17?,18?/m0/s1. The van der Waals surface area contributed by atoms with E-state index in [1.165, 1.54) is 0 Å². The van der Waals surface area contributed by atoms with E-state index < -0.39 is 18.3 Å². The Morgan fingerprint density at radius 1 is 1.20 bits per heavy atom. The van der Waals surface area contributed by atoms with E-state index in [0.717, 1.165) is 32.1 Å². The van der Waals surface area contributed by atoms with E-state index >= 15 is 0 Å². The molecule has 2 rings (SSSR count). The lowest BCUT2D eigenvalue weighted by Gasteiger charge is -2.42. The summed E-state index contributed by atoms with van der Waals surface area (Å²) in [7, 11) is 0. The van der Waals surface area contributed by atoms with Crippen molar-refractivity contribution in [3.05, 3.63) is 10.4 Å². The van der Waals surface area contributed by atoms with Crippen molar-refractivity contribution in [2.75, 3.05) is 6.54 Å². The van der Waals surface area contributed by atoms with Crippen LogP contribution in [-0.4, -0.2) is 52.4 Å². The molecule has 5 unspecified atom stereocenters. The first-order valence-electron chi connectivity index (χ1n) is 9.61. The maximum atomic E-state index is 10.3. The average molecular weight is 355 g/mol. The first kappa shape index (κ1) is 20.5. The van der Waals surface area contributed by atoms with Gasteiger partial charge in [-0.2, -0.15) is 0 Å². The van der Waals surface area contributed by atoms with E-state index in [1.807, 2.05) is 0 Å². The fourth-order valence-electron chi connectivity index (χ4n) is 4.29. The van der Waals surface area contributed by atoms with Crippen LogP contribution in [0.15, 0.2) is 5.11 Å². The Hall–Kier alpha value is -0.850. The number of aliphatic hydroxyl groups is 3. The van der Waals surface area contributed by atoms with Crippen LogP contribution in [0.1, 0.15) is 58.8 Å². The fraction of sp³-hybridized carbons (Fsp3) is 1.00. The highest BCUT2D eigenvalue weighted by Crippen LogP contribution is 2.42. The van der Waals surface area contributed by atoms with Gasteiger partial charge < -0.3 is 20.1 Å². The third-order valence-electron chi connectivity index (χ3n) is 5.89. The first-order valence-corrected chi connectivity index (χ1v) is 9.61. The molecule has 0 amide bonds. The molecule has 144 valence electrons. The smallest absolute Gasteiger partial charge is 0.0863 e. The highest BCUT2D eigenvalue weighted by atomic mass is 16.5. The van der Waals surface area contributed by atoms with Crippen molar-refractivity contribution in [3.63, 3.8) is 0 Å². The van der Waals surface area contributed by atoms with Gasteiger partial charge in [-0.25, -0.2) is 0 Å². The van der Waals surface area contributed by atoms with Crippen LogP contribution in [0, 0.1) is 17.8 Å². The summed E-state index contributed by atoms with van der Waals surface area (Å²) < 4.78 is 5.99. The van der Waals surface area contributed by atoms with Crippen LogP contribution in [0.3, 0.4) is 0 Å². The van der Waals surface area contributed by atoms with Crippen molar-refractivity contribution in [2.24, 2.45) is 22.9 Å². The Labute approximate surface area is 150 Å². The molecule has 1 aliphatic heterocycles. The summed E-state index contributed by atoms with van der Waals surface area (Å²) in [5.41, 5.74) is 8.44. The van der Waals surface area contributed by atoms with Crippen molar-refractivity contribution in [1.82, 2.24) is 0 Å². The molecule has 0 radical (unpaired) electrons. The zero-order valence-corrected chi connectivity index (χ0v) is 15.4. The lowest BCUT2D eigenvalue weighted by atomic mass is 9.68. The molecule has 7 nitrogen and oxygen atoms in total. The van der Waals surface area contributed by atoms with E-state index in [4.69, 9.17) is 10.3 Å². The normalized spacial score (nSPS) is 36.0. The van der Waals surface area contributed by atoms with Crippen LogP contribution in [0.5, 0.6) is 0 Å². The summed E-state index contributed by atoms with van der Waals surface area (Å²) in [6, 6.07) is 0. The minimum absolute atomic E-state index is 0.0807. The Kier molecular flexibility index (Phi) is 7.97. The Morgan fingerprint density at radius 2 is 1.92 bits per heavy atom. The van der Waals surface area contributed by atoms with E-state index in [1.54, 1.807) is 6.92 Å². The SMILES string of the molecule is CC(O)C(O)CCC1CC(C[C@H](C)C2OC(CN=[N+]=[N-])CCC2O)C1. The third-order valence-corrected chi connectivity index (χ3v) is 5.89. The second kappa shape index (κ2) is 9.74. The van der Waals surface area contributed by atoms with Crippen LogP contribution in [0.4, 0.5) is 0 Å². The minimum Gasteiger partial charge on any atom is -0.391 e. The molecule has 2 aliphatic rings. The summed E-state index contributed by atoms with van der Waals surface area (Å²) in [6.07, 6.45) is 4.45. The highest BCUT2D eigenvalue weighted by Gasteiger charge is 2.37. The average Bonchev–Trinajstić information content (AvgIpc) is 2.55. The summed E-state index contributed by atoms with van der Waals surface area (Å²) in [4.78, 5) is 2.79. The lowest BCUT2D eigenvalue weighted by Crippen LogP contribution is -2.44. The number of hydrogen-bond donors (Lipinski definition) is 3. The summed E-state index contributed by atoms with van der Waals surface area (Å²) in [6.45, 7) is 4.10. The summed E-state index contributed by atoms with van der Waals surface area (Å²) in [5.74, 6) is 1.57. The maximum absolute atomic E-state index is 10.3. The van der Waals surface area contributed by atoms with Gasteiger partial charge in [-0.05, 0) is 75.2 Å². The molecular weight excluding hydrogens is 322 g/mol. The van der Waals surface area contributed by atoms with Crippen LogP contribution in [0.2, 0.25) is 0 Å². The van der Waals surface area contributed by atoms with E-state index in [0.29, 0.717) is 31.2 Å². The van der Waals surface area contributed by atoms with E-state index in [2.05, 4.69) is 16.9 Å². The number of aliphatic hydroxyl groups excluding tert-OH is 3. The van der Waals surface area contributed by atoms with Crippen molar-refractivity contribution in [3.8, 4) is 0 Å². The molecule has 3 N–H and O–H groups in total. The summed E-state index contributed by atoms with van der Waals surface area (Å²) in [5, 5.41) is 32.8. The van der Waals surface area contributed by atoms with Crippen molar-refractivity contribution < 1.29 is 20.1 Å². The molecule has 0 aromatic carbocycles. The van der Waals surface area contributed by atoms with Crippen LogP contribution < -0.4 is 0 Å². The van der Waals surface area contributed by atoms with Gasteiger partial charge in [-0.1, -0.05) is 12.0 Å². The highest BCUT2D eigenvalue weighted by molar-refractivity contribution is 4.87. The van der Waals surface area contributed by atoms with Crippen molar-refractivity contribution in [1.29, 1.82) is 0 Å². The van der Waals surface area contributed by atoms with Crippen LogP contribution >= 0.6 is 0 Å². The lowest BCUT2D eigenvalue weighted by molar-refractivity contribution is -0.139. The molecule has 6 atom stereocenters. The minimum atomic E-state index is -0.654. The first-order chi connectivity index (χ1) is 11.9. The molecule has 7 heteroatoms. The molecule has 1 saturated carbocycles. The molecule has 1 saturated heterocycles. The van der Waals surface area contributed by atoms with Crippen molar-refractivity contribution in [2.45, 2.75) is 89.3 Å². The molecule has 1 aliphatic carbocycles. The molecule has 1 heterocycles. The number of hydrogen-bond acceptors (Lipinski definition) is 5. The topological polar surface area (TPSA) is 119 Å². The van der Waals surface area contributed by atoms with Gasteiger partial charge in [0.15, 0.2) is 0 Å². The predicted molar refractivity (Wildman–Crippen MR) is 94.8 cm³/mol. The predicted octanol–water partition coefficient (Wildman–Crippen LogP) is 2.78. The quantitative estimate of drug-likeness (QED) is 0.335. The Morgan fingerprint density at radius 3 is 2.56 bits per heavy atom. The van der Waals surface area contributed by atoms with Crippen molar-refractivity contribution >= 4 is 0 Å². The molecule has 2 fully saturated rings. The van der Waals surface area contributed by atoms with Gasteiger partial charge in [0.05, 0.1) is 37.1 Å². The second-order valence-corrected chi connectivity index (χ2v) is 8.08. The number of nitrogens with zero attached hydrogens (tertiary/aromatic N) is 3.